The van der Waals surface area contributed by atoms with Gasteiger partial charge in [-0.05, 0) is 22.8 Å². The predicted molar refractivity (Wildman–Crippen MR) is 76.7 cm³/mol. The summed E-state index contributed by atoms with van der Waals surface area (Å²) in [5, 5.41) is 6.92. The average Bonchev–Trinajstić information content (AvgIpc) is 2.94. The molecule has 0 saturated heterocycles. The Labute approximate surface area is 112 Å². The van der Waals surface area contributed by atoms with E-state index in [2.05, 4.69) is 58.7 Å². The van der Waals surface area contributed by atoms with E-state index in [1.54, 1.807) is 6.20 Å². The molecule has 0 saturated carbocycles. The maximum atomic E-state index is 3.95. The first-order valence-corrected chi connectivity index (χ1v) is 5.59. The minimum Gasteiger partial charge on any atom is -0.278 e. The molecule has 2 aromatic carbocycles. The van der Waals surface area contributed by atoms with Crippen LogP contribution in [0.5, 0.6) is 0 Å². The summed E-state index contributed by atoms with van der Waals surface area (Å²) in [4.78, 5) is 0. The molecule has 3 aromatic rings. The Morgan fingerprint density at radius 2 is 1.28 bits per heavy atom. The minimum absolute atomic E-state index is 0. The van der Waals surface area contributed by atoms with Crippen LogP contribution in [-0.4, -0.2) is 10.2 Å². The number of rotatable bonds is 2. The van der Waals surface area contributed by atoms with Crippen molar-refractivity contribution in [2.24, 2.45) is 0 Å². The number of aromatic amines is 1. The predicted octanol–water partition coefficient (Wildman–Crippen LogP) is 4.17. The lowest BCUT2D eigenvalue weighted by atomic mass is 10.0. The molecule has 18 heavy (non-hydrogen) atoms. The van der Waals surface area contributed by atoms with Crippen molar-refractivity contribution in [2.75, 3.05) is 0 Å². The molecule has 0 radical (unpaired) electrons. The fraction of sp³-hybridized carbons (Fsp3) is 0. The van der Waals surface area contributed by atoms with Gasteiger partial charge in [-0.1, -0.05) is 54.6 Å². The van der Waals surface area contributed by atoms with E-state index < -0.39 is 0 Å². The number of halogens is 1. The van der Waals surface area contributed by atoms with Crippen molar-refractivity contribution in [3.8, 4) is 22.4 Å². The van der Waals surface area contributed by atoms with Crippen LogP contribution in [0.25, 0.3) is 22.4 Å². The first kappa shape index (κ1) is 12.4. The van der Waals surface area contributed by atoms with Gasteiger partial charge in [-0.2, -0.15) is 5.10 Å². The Morgan fingerprint density at radius 1 is 0.667 bits per heavy atom. The Kier molecular flexibility index (Phi) is 3.80. The number of nitrogens with one attached hydrogen (secondary N) is 1. The van der Waals surface area contributed by atoms with E-state index in [9.17, 15) is 0 Å². The monoisotopic (exact) mass is 256 g/mol. The normalized spacial score (nSPS) is 9.78. The minimum atomic E-state index is 0. The Balaban J connectivity index is 0.00000120. The number of aromatic nitrogens is 2. The first-order chi connectivity index (χ1) is 8.43. The number of H-pyrrole nitrogens is 1. The van der Waals surface area contributed by atoms with Crippen molar-refractivity contribution in [3.63, 3.8) is 0 Å². The van der Waals surface area contributed by atoms with Crippen LogP contribution in [0, 0.1) is 0 Å². The molecular weight excluding hydrogens is 244 g/mol. The number of nitrogens with zero attached hydrogens (tertiary/aromatic N) is 1. The van der Waals surface area contributed by atoms with Crippen LogP contribution in [0.4, 0.5) is 0 Å². The van der Waals surface area contributed by atoms with E-state index in [-0.39, 0.29) is 12.4 Å². The number of hydrogen-bond acceptors (Lipinski definition) is 1. The van der Waals surface area contributed by atoms with E-state index >= 15 is 0 Å². The summed E-state index contributed by atoms with van der Waals surface area (Å²) in [6.07, 6.45) is 1.76. The second kappa shape index (κ2) is 5.52. The zero-order chi connectivity index (χ0) is 11.5. The van der Waals surface area contributed by atoms with Gasteiger partial charge in [0.15, 0.2) is 0 Å². The van der Waals surface area contributed by atoms with Crippen molar-refractivity contribution in [1.82, 2.24) is 10.2 Å². The van der Waals surface area contributed by atoms with E-state index in [1.807, 2.05) is 12.1 Å². The molecule has 0 aliphatic heterocycles. The third kappa shape index (κ3) is 2.44. The second-order valence-electron chi connectivity index (χ2n) is 3.91. The van der Waals surface area contributed by atoms with E-state index in [1.165, 1.54) is 11.1 Å². The van der Waals surface area contributed by atoms with Crippen LogP contribution < -0.4 is 0 Å². The zero-order valence-corrected chi connectivity index (χ0v) is 10.5. The second-order valence-corrected chi connectivity index (χ2v) is 3.91. The Bertz CT molecular complexity index is 586. The molecule has 0 bridgehead atoms. The molecule has 1 heterocycles. The zero-order valence-electron chi connectivity index (χ0n) is 9.71. The summed E-state index contributed by atoms with van der Waals surface area (Å²) in [6, 6.07) is 20.8. The van der Waals surface area contributed by atoms with Crippen molar-refractivity contribution in [1.29, 1.82) is 0 Å². The first-order valence-electron chi connectivity index (χ1n) is 5.59. The summed E-state index contributed by atoms with van der Waals surface area (Å²) in [5.41, 5.74) is 4.67. The average molecular weight is 257 g/mol. The fourth-order valence-electron chi connectivity index (χ4n) is 1.89. The van der Waals surface area contributed by atoms with Crippen LogP contribution in [0.3, 0.4) is 0 Å². The molecule has 0 spiro atoms. The van der Waals surface area contributed by atoms with Gasteiger partial charge in [0, 0.05) is 6.20 Å². The van der Waals surface area contributed by atoms with Crippen LogP contribution in [0.1, 0.15) is 0 Å². The lowest BCUT2D eigenvalue weighted by Gasteiger charge is -2.02. The van der Waals surface area contributed by atoms with Gasteiger partial charge < -0.3 is 0 Å². The maximum absolute atomic E-state index is 3.95. The summed E-state index contributed by atoms with van der Waals surface area (Å²) in [7, 11) is 0. The molecule has 0 amide bonds. The molecule has 90 valence electrons. The summed E-state index contributed by atoms with van der Waals surface area (Å²) in [6.45, 7) is 0. The molecule has 0 atom stereocenters. The third-order valence-electron chi connectivity index (χ3n) is 2.80. The third-order valence-corrected chi connectivity index (χ3v) is 2.80. The highest BCUT2D eigenvalue weighted by Crippen LogP contribution is 2.23. The lowest BCUT2D eigenvalue weighted by molar-refractivity contribution is 1.10. The van der Waals surface area contributed by atoms with Gasteiger partial charge in [0.25, 0.3) is 0 Å². The highest BCUT2D eigenvalue weighted by Gasteiger charge is 2.00. The van der Waals surface area contributed by atoms with Gasteiger partial charge in [-0.25, -0.2) is 0 Å². The Hall–Kier alpha value is -2.06. The van der Waals surface area contributed by atoms with Gasteiger partial charge in [-0.3, -0.25) is 5.10 Å². The van der Waals surface area contributed by atoms with Crippen LogP contribution in [0.15, 0.2) is 66.9 Å². The fourth-order valence-corrected chi connectivity index (χ4v) is 1.89. The van der Waals surface area contributed by atoms with E-state index in [0.717, 1.165) is 11.3 Å². The van der Waals surface area contributed by atoms with Gasteiger partial charge >= 0.3 is 0 Å². The summed E-state index contributed by atoms with van der Waals surface area (Å²) >= 11 is 0. The smallest absolute Gasteiger partial charge is 0.0650 e. The van der Waals surface area contributed by atoms with Crippen molar-refractivity contribution in [3.05, 3.63) is 66.9 Å². The number of benzene rings is 2. The Morgan fingerprint density at radius 3 is 1.89 bits per heavy atom. The maximum Gasteiger partial charge on any atom is 0.0650 e. The largest absolute Gasteiger partial charge is 0.278 e. The molecule has 3 heteroatoms. The molecule has 3 rings (SSSR count). The molecule has 1 N–H and O–H groups in total. The molecule has 1 aromatic heterocycles. The van der Waals surface area contributed by atoms with Crippen LogP contribution in [-0.2, 0) is 0 Å². The highest BCUT2D eigenvalue weighted by atomic mass is 35.5. The quantitative estimate of drug-likeness (QED) is 0.733. The molecule has 0 aliphatic rings. The lowest BCUT2D eigenvalue weighted by Crippen LogP contribution is -1.80. The molecule has 2 nitrogen and oxygen atoms in total. The van der Waals surface area contributed by atoms with Crippen LogP contribution >= 0.6 is 12.4 Å². The van der Waals surface area contributed by atoms with Gasteiger partial charge in [-0.15, -0.1) is 12.4 Å². The standard InChI is InChI=1S/C15H12N2.ClH/c1-2-4-12(5-3-1)13-6-8-14(9-7-13)15-10-11-16-17-15;/h1-11H,(H,16,17);1H. The van der Waals surface area contributed by atoms with Gasteiger partial charge in [0.1, 0.15) is 0 Å². The van der Waals surface area contributed by atoms with Crippen LogP contribution in [0.2, 0.25) is 0 Å². The van der Waals surface area contributed by atoms with Crippen molar-refractivity contribution >= 4 is 12.4 Å². The molecule has 0 fully saturated rings. The number of hydrogen-bond donors (Lipinski definition) is 1. The van der Waals surface area contributed by atoms with Gasteiger partial charge in [0.2, 0.25) is 0 Å². The SMILES string of the molecule is Cl.c1ccc(-c2ccc(-c3ccn[nH]3)cc2)cc1. The summed E-state index contributed by atoms with van der Waals surface area (Å²) in [5.74, 6) is 0. The molecule has 0 unspecified atom stereocenters. The molecular formula is C15H13ClN2. The van der Waals surface area contributed by atoms with Gasteiger partial charge in [0.05, 0.1) is 5.69 Å². The van der Waals surface area contributed by atoms with E-state index in [0.29, 0.717) is 0 Å². The van der Waals surface area contributed by atoms with Crippen molar-refractivity contribution in [2.45, 2.75) is 0 Å². The summed E-state index contributed by atoms with van der Waals surface area (Å²) < 4.78 is 0. The van der Waals surface area contributed by atoms with Crippen molar-refractivity contribution < 1.29 is 0 Å². The topological polar surface area (TPSA) is 28.7 Å². The van der Waals surface area contributed by atoms with E-state index in [4.69, 9.17) is 0 Å². The highest BCUT2D eigenvalue weighted by molar-refractivity contribution is 5.85. The molecule has 0 aliphatic carbocycles.